The van der Waals surface area contributed by atoms with Gasteiger partial charge in [-0.15, -0.1) is 0 Å². The molecule has 1 heterocycles. The number of rotatable bonds is 5. The van der Waals surface area contributed by atoms with Crippen LogP contribution in [0.4, 0.5) is 11.4 Å². The Morgan fingerprint density at radius 1 is 1.57 bits per heavy atom. The van der Waals surface area contributed by atoms with E-state index >= 15 is 0 Å². The van der Waals surface area contributed by atoms with Gasteiger partial charge in [0.2, 0.25) is 0 Å². The van der Waals surface area contributed by atoms with E-state index in [2.05, 4.69) is 0 Å². The summed E-state index contributed by atoms with van der Waals surface area (Å²) in [4.78, 5) is 23.5. The number of hydrogen-bond acceptors (Lipinski definition) is 5. The summed E-state index contributed by atoms with van der Waals surface area (Å²) in [5.41, 5.74) is 0.258. The molecule has 1 aliphatic heterocycles. The number of anilines is 1. The highest BCUT2D eigenvalue weighted by atomic mass is 16.6. The van der Waals surface area contributed by atoms with Gasteiger partial charge in [-0.1, -0.05) is 0 Å². The Morgan fingerprint density at radius 3 is 2.95 bits per heavy atom. The number of aromatic carboxylic acids is 1. The maximum absolute atomic E-state index is 11.4. The molecular weight excluding hydrogens is 276 g/mol. The molecule has 0 saturated carbocycles. The Kier molecular flexibility index (Phi) is 4.74. The molecule has 0 spiro atoms. The van der Waals surface area contributed by atoms with Gasteiger partial charge in [-0.25, -0.2) is 4.79 Å². The number of carboxylic acid groups (broad SMARTS) is 1. The third-order valence-electron chi connectivity index (χ3n) is 3.54. The van der Waals surface area contributed by atoms with E-state index in [0.29, 0.717) is 18.8 Å². The average Bonchev–Trinajstić information content (AvgIpc) is 2.47. The number of nitro benzene ring substituents is 1. The van der Waals surface area contributed by atoms with Crippen LogP contribution in [0.15, 0.2) is 18.2 Å². The molecule has 114 valence electrons. The predicted molar refractivity (Wildman–Crippen MR) is 76.9 cm³/mol. The molecule has 0 radical (unpaired) electrons. The first-order valence-electron chi connectivity index (χ1n) is 6.91. The SMILES string of the molecule is CCOC1CCCN(c2ccc([N+](=O)[O-])cc2C(=O)O)C1. The van der Waals surface area contributed by atoms with Crippen molar-refractivity contribution in [3.63, 3.8) is 0 Å². The second-order valence-corrected chi connectivity index (χ2v) is 4.93. The van der Waals surface area contributed by atoms with Crippen LogP contribution in [0.5, 0.6) is 0 Å². The summed E-state index contributed by atoms with van der Waals surface area (Å²) in [6.07, 6.45) is 1.92. The van der Waals surface area contributed by atoms with E-state index in [1.807, 2.05) is 11.8 Å². The van der Waals surface area contributed by atoms with Crippen molar-refractivity contribution in [3.05, 3.63) is 33.9 Å². The minimum absolute atomic E-state index is 0.0404. The third-order valence-corrected chi connectivity index (χ3v) is 3.54. The fraction of sp³-hybridized carbons (Fsp3) is 0.500. The second-order valence-electron chi connectivity index (χ2n) is 4.93. The normalized spacial score (nSPS) is 18.5. The molecule has 1 saturated heterocycles. The molecule has 7 heteroatoms. The lowest BCUT2D eigenvalue weighted by Gasteiger charge is -2.34. The Morgan fingerprint density at radius 2 is 2.33 bits per heavy atom. The summed E-state index contributed by atoms with van der Waals surface area (Å²) in [5, 5.41) is 20.1. The van der Waals surface area contributed by atoms with E-state index < -0.39 is 10.9 Å². The zero-order chi connectivity index (χ0) is 15.4. The zero-order valence-electron chi connectivity index (χ0n) is 11.8. The lowest BCUT2D eigenvalue weighted by atomic mass is 10.0. The van der Waals surface area contributed by atoms with Crippen molar-refractivity contribution >= 4 is 17.3 Å². The van der Waals surface area contributed by atoms with Crippen molar-refractivity contribution in [1.29, 1.82) is 0 Å². The largest absolute Gasteiger partial charge is 0.478 e. The zero-order valence-corrected chi connectivity index (χ0v) is 11.8. The molecule has 1 aromatic carbocycles. The Labute approximate surface area is 122 Å². The van der Waals surface area contributed by atoms with E-state index in [1.165, 1.54) is 12.1 Å². The summed E-state index contributed by atoms with van der Waals surface area (Å²) < 4.78 is 5.60. The molecular formula is C14H18N2O5. The van der Waals surface area contributed by atoms with Gasteiger partial charge in [0.15, 0.2) is 0 Å². The number of nitro groups is 1. The summed E-state index contributed by atoms with van der Waals surface area (Å²) >= 11 is 0. The Hall–Kier alpha value is -2.15. The van der Waals surface area contributed by atoms with Crippen molar-refractivity contribution < 1.29 is 19.6 Å². The number of piperidine rings is 1. The van der Waals surface area contributed by atoms with Crippen LogP contribution in [-0.4, -0.2) is 41.8 Å². The van der Waals surface area contributed by atoms with Crippen LogP contribution >= 0.6 is 0 Å². The van der Waals surface area contributed by atoms with Crippen LogP contribution in [-0.2, 0) is 4.74 Å². The molecule has 0 amide bonds. The molecule has 0 bridgehead atoms. The maximum Gasteiger partial charge on any atom is 0.338 e. The highest BCUT2D eigenvalue weighted by Crippen LogP contribution is 2.28. The molecule has 1 atom stereocenters. The van der Waals surface area contributed by atoms with Gasteiger partial charge in [-0.3, -0.25) is 10.1 Å². The molecule has 1 aliphatic rings. The van der Waals surface area contributed by atoms with Crippen molar-refractivity contribution in [2.75, 3.05) is 24.6 Å². The average molecular weight is 294 g/mol. The van der Waals surface area contributed by atoms with Crippen molar-refractivity contribution in [2.45, 2.75) is 25.9 Å². The maximum atomic E-state index is 11.4. The Balaban J connectivity index is 2.29. The first kappa shape index (κ1) is 15.2. The summed E-state index contributed by atoms with van der Waals surface area (Å²) in [7, 11) is 0. The van der Waals surface area contributed by atoms with Gasteiger partial charge in [0, 0.05) is 31.8 Å². The van der Waals surface area contributed by atoms with E-state index in [4.69, 9.17) is 4.74 Å². The smallest absolute Gasteiger partial charge is 0.338 e. The number of carboxylic acids is 1. The second kappa shape index (κ2) is 6.53. The lowest BCUT2D eigenvalue weighted by molar-refractivity contribution is -0.384. The van der Waals surface area contributed by atoms with Crippen LogP contribution < -0.4 is 4.90 Å². The summed E-state index contributed by atoms with van der Waals surface area (Å²) in [5.74, 6) is -1.16. The molecule has 21 heavy (non-hydrogen) atoms. The lowest BCUT2D eigenvalue weighted by Crippen LogP contribution is -2.40. The van der Waals surface area contributed by atoms with Gasteiger partial charge >= 0.3 is 5.97 Å². The first-order valence-corrected chi connectivity index (χ1v) is 6.91. The third kappa shape index (κ3) is 3.49. The van der Waals surface area contributed by atoms with Crippen LogP contribution in [0.3, 0.4) is 0 Å². The van der Waals surface area contributed by atoms with E-state index in [-0.39, 0.29) is 17.4 Å². The first-order chi connectivity index (χ1) is 10.0. The quantitative estimate of drug-likeness (QED) is 0.661. The Bertz CT molecular complexity index is 544. The van der Waals surface area contributed by atoms with Crippen molar-refractivity contribution in [1.82, 2.24) is 0 Å². The van der Waals surface area contributed by atoms with Crippen molar-refractivity contribution in [3.8, 4) is 0 Å². The highest BCUT2D eigenvalue weighted by molar-refractivity contribution is 5.95. The van der Waals surface area contributed by atoms with Gasteiger partial charge in [0.1, 0.15) is 0 Å². The number of ether oxygens (including phenoxy) is 1. The van der Waals surface area contributed by atoms with Gasteiger partial charge in [-0.05, 0) is 25.8 Å². The van der Waals surface area contributed by atoms with Gasteiger partial charge in [-0.2, -0.15) is 0 Å². The minimum atomic E-state index is -1.16. The summed E-state index contributed by atoms with van der Waals surface area (Å²) in [6, 6.07) is 3.96. The van der Waals surface area contributed by atoms with Gasteiger partial charge < -0.3 is 14.7 Å². The van der Waals surface area contributed by atoms with Gasteiger partial charge in [0.05, 0.1) is 22.3 Å². The number of benzene rings is 1. The van der Waals surface area contributed by atoms with E-state index in [9.17, 15) is 20.0 Å². The van der Waals surface area contributed by atoms with Gasteiger partial charge in [0.25, 0.3) is 5.69 Å². The number of nitrogens with zero attached hydrogens (tertiary/aromatic N) is 2. The minimum Gasteiger partial charge on any atom is -0.478 e. The van der Waals surface area contributed by atoms with E-state index in [1.54, 1.807) is 0 Å². The monoisotopic (exact) mass is 294 g/mol. The fourth-order valence-corrected chi connectivity index (χ4v) is 2.61. The highest BCUT2D eigenvalue weighted by Gasteiger charge is 2.25. The van der Waals surface area contributed by atoms with E-state index in [0.717, 1.165) is 25.5 Å². The molecule has 0 aliphatic carbocycles. The van der Waals surface area contributed by atoms with Crippen LogP contribution in [0.2, 0.25) is 0 Å². The number of non-ortho nitro benzene ring substituents is 1. The number of hydrogen-bond donors (Lipinski definition) is 1. The molecule has 1 N–H and O–H groups in total. The number of carbonyl (C=O) groups is 1. The van der Waals surface area contributed by atoms with Crippen LogP contribution in [0.1, 0.15) is 30.1 Å². The summed E-state index contributed by atoms with van der Waals surface area (Å²) in [6.45, 7) is 3.87. The predicted octanol–water partition coefficient (Wildman–Crippen LogP) is 2.30. The molecule has 7 nitrogen and oxygen atoms in total. The molecule has 2 rings (SSSR count). The van der Waals surface area contributed by atoms with Crippen LogP contribution in [0.25, 0.3) is 0 Å². The molecule has 1 unspecified atom stereocenters. The molecule has 0 aromatic heterocycles. The van der Waals surface area contributed by atoms with Crippen molar-refractivity contribution in [2.24, 2.45) is 0 Å². The molecule has 1 fully saturated rings. The standard InChI is InChI=1S/C14H18N2O5/c1-2-21-11-4-3-7-15(9-11)13-6-5-10(16(19)20)8-12(13)14(17)18/h5-6,8,11H,2-4,7,9H2,1H3,(H,17,18). The topological polar surface area (TPSA) is 92.9 Å². The fourth-order valence-electron chi connectivity index (χ4n) is 2.61. The molecule has 1 aromatic rings. The van der Waals surface area contributed by atoms with Crippen LogP contribution in [0, 0.1) is 10.1 Å².